The Morgan fingerprint density at radius 2 is 1.93 bits per heavy atom. The average Bonchev–Trinajstić information content (AvgIpc) is 3.21. The van der Waals surface area contributed by atoms with Gasteiger partial charge in [-0.3, -0.25) is 4.79 Å². The summed E-state index contributed by atoms with van der Waals surface area (Å²) in [6, 6.07) is 12.6. The lowest BCUT2D eigenvalue weighted by Gasteiger charge is -2.33. The number of rotatable bonds is 5. The van der Waals surface area contributed by atoms with E-state index in [2.05, 4.69) is 32.7 Å². The normalized spacial score (nSPS) is 17.6. The van der Waals surface area contributed by atoms with Crippen LogP contribution in [-0.2, 0) is 4.79 Å². The molecular formula is C21H22N6O3. The van der Waals surface area contributed by atoms with E-state index in [-0.39, 0.29) is 5.91 Å². The van der Waals surface area contributed by atoms with Crippen molar-refractivity contribution in [3.63, 3.8) is 0 Å². The average molecular weight is 406 g/mol. The van der Waals surface area contributed by atoms with Gasteiger partial charge in [0.2, 0.25) is 11.9 Å². The molecule has 2 N–H and O–H groups in total. The number of aromatic nitrogens is 4. The molecule has 1 aliphatic rings. The second-order valence-corrected chi connectivity index (χ2v) is 6.94. The van der Waals surface area contributed by atoms with Crippen LogP contribution in [0.5, 0.6) is 11.5 Å². The topological polar surface area (TPSA) is 103 Å². The number of fused-ring (bicyclic) bond motifs is 1. The molecule has 4 rings (SSSR count). The Balaban J connectivity index is 1.77. The van der Waals surface area contributed by atoms with Crippen LogP contribution >= 0.6 is 0 Å². The minimum absolute atomic E-state index is 0.220. The van der Waals surface area contributed by atoms with E-state index in [1.807, 2.05) is 43.3 Å². The van der Waals surface area contributed by atoms with Crippen molar-refractivity contribution >= 4 is 17.5 Å². The highest BCUT2D eigenvalue weighted by Gasteiger charge is 2.40. The molecule has 0 saturated heterocycles. The molecule has 2 atom stereocenters. The summed E-state index contributed by atoms with van der Waals surface area (Å²) in [6.45, 7) is 6.01. The van der Waals surface area contributed by atoms with Gasteiger partial charge in [-0.2, -0.15) is 0 Å². The predicted molar refractivity (Wildman–Crippen MR) is 112 cm³/mol. The molecule has 2 heterocycles. The van der Waals surface area contributed by atoms with Crippen molar-refractivity contribution in [3.8, 4) is 11.5 Å². The lowest BCUT2D eigenvalue weighted by atomic mass is 9.88. The maximum Gasteiger partial charge on any atom is 0.247 e. The van der Waals surface area contributed by atoms with Crippen molar-refractivity contribution in [2.24, 2.45) is 5.92 Å². The molecule has 3 aromatic rings. The van der Waals surface area contributed by atoms with Crippen molar-refractivity contribution in [3.05, 3.63) is 65.9 Å². The molecule has 9 heteroatoms. The Kier molecular flexibility index (Phi) is 5.09. The molecular weight excluding hydrogens is 384 g/mol. The quantitative estimate of drug-likeness (QED) is 0.671. The summed E-state index contributed by atoms with van der Waals surface area (Å²) in [4.78, 5) is 13.4. The van der Waals surface area contributed by atoms with Crippen LogP contribution in [0, 0.1) is 12.8 Å². The third-order valence-electron chi connectivity index (χ3n) is 5.15. The maximum atomic E-state index is 13.4. The summed E-state index contributed by atoms with van der Waals surface area (Å²) in [6.07, 6.45) is 0. The number of amides is 1. The Bertz CT molecular complexity index is 1110. The second kappa shape index (κ2) is 7.86. The van der Waals surface area contributed by atoms with E-state index in [1.165, 1.54) is 0 Å². The van der Waals surface area contributed by atoms with Crippen LogP contribution in [0.25, 0.3) is 0 Å². The van der Waals surface area contributed by atoms with E-state index in [4.69, 9.17) is 9.47 Å². The van der Waals surface area contributed by atoms with Crippen molar-refractivity contribution in [2.45, 2.75) is 13.0 Å². The number of hydrogen-bond donors (Lipinski definition) is 2. The zero-order valence-corrected chi connectivity index (χ0v) is 16.9. The number of carbonyl (C=O) groups is 1. The van der Waals surface area contributed by atoms with Crippen LogP contribution in [0.4, 0.5) is 11.6 Å². The number of nitrogens with zero attached hydrogens (tertiary/aromatic N) is 4. The van der Waals surface area contributed by atoms with E-state index in [0.717, 1.165) is 16.8 Å². The van der Waals surface area contributed by atoms with E-state index in [9.17, 15) is 4.79 Å². The first kappa shape index (κ1) is 19.4. The number of hydrogen-bond acceptors (Lipinski definition) is 7. The number of aryl methyl sites for hydroxylation is 1. The molecule has 1 amide bonds. The summed E-state index contributed by atoms with van der Waals surface area (Å²) in [7, 11) is 3.13. The highest BCUT2D eigenvalue weighted by molar-refractivity contribution is 5.96. The highest BCUT2D eigenvalue weighted by atomic mass is 16.5. The van der Waals surface area contributed by atoms with E-state index >= 15 is 0 Å². The zero-order valence-electron chi connectivity index (χ0n) is 16.9. The number of anilines is 2. The van der Waals surface area contributed by atoms with Crippen molar-refractivity contribution in [2.75, 3.05) is 24.9 Å². The van der Waals surface area contributed by atoms with Crippen LogP contribution in [0.1, 0.15) is 17.2 Å². The molecule has 0 bridgehead atoms. The standard InChI is InChI=1S/C21H22N6O3/c1-12-7-5-6-8-15(12)23-20(28)18-13(2)22-21-24-25-26-27(21)19(18)14-9-10-16(29-3)17(11-14)30-4/h5-11,18-19H,2H2,1,3-4H3,(H,23,28)(H,22,24,26). The maximum absolute atomic E-state index is 13.4. The molecule has 0 fully saturated rings. The molecule has 0 saturated carbocycles. The van der Waals surface area contributed by atoms with E-state index in [1.54, 1.807) is 25.0 Å². The SMILES string of the molecule is C=C1Nc2nnnn2C(c2ccc(OC)c(OC)c2)C1C(=O)Nc1ccccc1C. The van der Waals surface area contributed by atoms with Crippen molar-refractivity contribution in [1.29, 1.82) is 0 Å². The minimum Gasteiger partial charge on any atom is -0.493 e. The van der Waals surface area contributed by atoms with Crippen LogP contribution in [-0.4, -0.2) is 40.3 Å². The summed E-state index contributed by atoms with van der Waals surface area (Å²) in [5.74, 6) is 0.667. The molecule has 1 aromatic heterocycles. The molecule has 0 aliphatic carbocycles. The van der Waals surface area contributed by atoms with Gasteiger partial charge in [-0.15, -0.1) is 0 Å². The Labute approximate surface area is 173 Å². The van der Waals surface area contributed by atoms with Gasteiger partial charge in [-0.25, -0.2) is 4.68 Å². The fourth-order valence-electron chi connectivity index (χ4n) is 3.61. The predicted octanol–water partition coefficient (Wildman–Crippen LogP) is 2.78. The third kappa shape index (κ3) is 3.34. The molecule has 30 heavy (non-hydrogen) atoms. The van der Waals surface area contributed by atoms with Crippen LogP contribution in [0.15, 0.2) is 54.7 Å². The summed E-state index contributed by atoms with van der Waals surface area (Å²) in [5.41, 5.74) is 2.99. The van der Waals surface area contributed by atoms with Gasteiger partial charge in [0.1, 0.15) is 5.92 Å². The van der Waals surface area contributed by atoms with Gasteiger partial charge in [0.05, 0.1) is 20.3 Å². The van der Waals surface area contributed by atoms with Gasteiger partial charge in [0, 0.05) is 11.4 Å². The van der Waals surface area contributed by atoms with E-state index < -0.39 is 12.0 Å². The van der Waals surface area contributed by atoms with Gasteiger partial charge in [-0.1, -0.05) is 35.9 Å². The Morgan fingerprint density at radius 1 is 1.17 bits per heavy atom. The number of tetrazole rings is 1. The van der Waals surface area contributed by atoms with Crippen LogP contribution in [0.2, 0.25) is 0 Å². The molecule has 9 nitrogen and oxygen atoms in total. The smallest absolute Gasteiger partial charge is 0.247 e. The number of methoxy groups -OCH3 is 2. The van der Waals surface area contributed by atoms with Crippen molar-refractivity contribution < 1.29 is 14.3 Å². The lowest BCUT2D eigenvalue weighted by molar-refractivity contribution is -0.119. The molecule has 0 spiro atoms. The fraction of sp³-hybridized carbons (Fsp3) is 0.238. The molecule has 1 aliphatic heterocycles. The van der Waals surface area contributed by atoms with Gasteiger partial charge < -0.3 is 20.1 Å². The summed E-state index contributed by atoms with van der Waals surface area (Å²) in [5, 5.41) is 17.9. The summed E-state index contributed by atoms with van der Waals surface area (Å²) >= 11 is 0. The van der Waals surface area contributed by atoms with Gasteiger partial charge in [-0.05, 0) is 46.7 Å². The van der Waals surface area contributed by atoms with Gasteiger partial charge >= 0.3 is 0 Å². The van der Waals surface area contributed by atoms with Crippen LogP contribution < -0.4 is 20.1 Å². The highest BCUT2D eigenvalue weighted by Crippen LogP contribution is 2.40. The van der Waals surface area contributed by atoms with Crippen LogP contribution in [0.3, 0.4) is 0 Å². The number of nitrogens with one attached hydrogen (secondary N) is 2. The first-order valence-corrected chi connectivity index (χ1v) is 9.35. The Morgan fingerprint density at radius 3 is 2.67 bits per heavy atom. The monoisotopic (exact) mass is 406 g/mol. The first-order chi connectivity index (χ1) is 14.5. The van der Waals surface area contributed by atoms with Gasteiger partial charge in [0.25, 0.3) is 0 Å². The number of para-hydroxylation sites is 1. The molecule has 2 aromatic carbocycles. The minimum atomic E-state index is -0.668. The lowest BCUT2D eigenvalue weighted by Crippen LogP contribution is -2.39. The molecule has 0 radical (unpaired) electrons. The number of carbonyl (C=O) groups excluding carboxylic acids is 1. The number of benzene rings is 2. The molecule has 154 valence electrons. The molecule has 2 unspecified atom stereocenters. The first-order valence-electron chi connectivity index (χ1n) is 9.35. The summed E-state index contributed by atoms with van der Waals surface area (Å²) < 4.78 is 12.4. The fourth-order valence-corrected chi connectivity index (χ4v) is 3.61. The largest absolute Gasteiger partial charge is 0.493 e. The zero-order chi connectivity index (χ0) is 21.3. The third-order valence-corrected chi connectivity index (χ3v) is 5.15. The van der Waals surface area contributed by atoms with Crippen molar-refractivity contribution in [1.82, 2.24) is 20.2 Å². The van der Waals surface area contributed by atoms with Gasteiger partial charge in [0.15, 0.2) is 11.5 Å². The van der Waals surface area contributed by atoms with E-state index in [0.29, 0.717) is 23.1 Å². The Hall–Kier alpha value is -3.88. The number of ether oxygens (including phenoxy) is 2. The second-order valence-electron chi connectivity index (χ2n) is 6.94.